The van der Waals surface area contributed by atoms with Crippen LogP contribution in [0.25, 0.3) is 22.4 Å². The fourth-order valence-corrected chi connectivity index (χ4v) is 3.43. The van der Waals surface area contributed by atoms with Gasteiger partial charge in [0, 0.05) is 24.8 Å². The highest BCUT2D eigenvalue weighted by atomic mass is 35.5. The van der Waals surface area contributed by atoms with Crippen molar-refractivity contribution in [2.45, 2.75) is 18.9 Å². The third-order valence-electron chi connectivity index (χ3n) is 4.81. The minimum Gasteiger partial charge on any atom is -0.340 e. The van der Waals surface area contributed by atoms with Gasteiger partial charge in [-0.2, -0.15) is 26.3 Å². The molecule has 0 spiro atoms. The Morgan fingerprint density at radius 2 is 1.71 bits per heavy atom. The molecule has 0 aromatic carbocycles. The van der Waals surface area contributed by atoms with Crippen LogP contribution >= 0.6 is 11.8 Å². The van der Waals surface area contributed by atoms with Crippen LogP contribution in [0, 0.1) is 0 Å². The zero-order valence-electron chi connectivity index (χ0n) is 17.8. The van der Waals surface area contributed by atoms with E-state index in [4.69, 9.17) is 11.8 Å². The van der Waals surface area contributed by atoms with Crippen molar-refractivity contribution in [3.63, 3.8) is 0 Å². The lowest BCUT2D eigenvalue weighted by molar-refractivity contribution is -0.138. The maximum Gasteiger partial charge on any atom is 0.418 e. The van der Waals surface area contributed by atoms with Gasteiger partial charge < -0.3 is 5.32 Å². The Morgan fingerprint density at radius 1 is 0.943 bits per heavy atom. The third kappa shape index (κ3) is 5.60. The van der Waals surface area contributed by atoms with E-state index in [-0.39, 0.29) is 29.4 Å². The molecular weight excluding hydrogens is 498 g/mol. The summed E-state index contributed by atoms with van der Waals surface area (Å²) in [5.41, 5.74) is -1.38. The number of nitrogens with zero attached hydrogens (tertiary/aromatic N) is 5. The second-order valence-electron chi connectivity index (χ2n) is 7.44. The van der Waals surface area contributed by atoms with Crippen molar-refractivity contribution in [1.29, 1.82) is 0 Å². The molecule has 0 fully saturated rings. The van der Waals surface area contributed by atoms with E-state index in [0.29, 0.717) is 23.0 Å². The van der Waals surface area contributed by atoms with Crippen LogP contribution in [0.2, 0.25) is 0 Å². The monoisotopic (exact) mass is 512 g/mol. The van der Waals surface area contributed by atoms with E-state index in [1.807, 2.05) is 0 Å². The van der Waals surface area contributed by atoms with E-state index in [9.17, 15) is 26.3 Å². The normalized spacial score (nSPS) is 12.4. The van der Waals surface area contributed by atoms with Gasteiger partial charge in [-0.05, 0) is 54.2 Å². The van der Waals surface area contributed by atoms with Crippen LogP contribution in [0.15, 0.2) is 54.9 Å². The summed E-state index contributed by atoms with van der Waals surface area (Å²) in [6.45, 7) is 0.149. The third-order valence-corrected chi connectivity index (χ3v) is 4.93. The Kier molecular flexibility index (Phi) is 6.52. The predicted molar refractivity (Wildman–Crippen MR) is 118 cm³/mol. The molecule has 0 atom stereocenters. The zero-order valence-corrected chi connectivity index (χ0v) is 18.5. The first-order valence-corrected chi connectivity index (χ1v) is 10.3. The second-order valence-corrected chi connectivity index (χ2v) is 8.02. The highest BCUT2D eigenvalue weighted by Crippen LogP contribution is 2.36. The number of pyridine rings is 4. The van der Waals surface area contributed by atoms with E-state index in [0.717, 1.165) is 18.2 Å². The molecule has 0 aliphatic rings. The minimum absolute atomic E-state index is 0.0482. The van der Waals surface area contributed by atoms with E-state index < -0.39 is 23.5 Å². The largest absolute Gasteiger partial charge is 0.418 e. The molecule has 1 N–H and O–H groups in total. The average molecular weight is 513 g/mol. The Morgan fingerprint density at radius 3 is 2.34 bits per heavy atom. The maximum atomic E-state index is 13.5. The summed E-state index contributed by atoms with van der Waals surface area (Å²) in [6, 6.07) is 8.59. The van der Waals surface area contributed by atoms with Crippen molar-refractivity contribution < 1.29 is 26.3 Å². The number of alkyl halides is 6. The van der Waals surface area contributed by atoms with E-state index >= 15 is 0 Å². The number of halogens is 7. The number of fused-ring (bicyclic) bond motifs is 1. The Labute approximate surface area is 199 Å². The standard InChI is InChI=1S/C22H15ClF6N6/c1-35(23)11-13-9-17(33-18-7-4-12(10-31-18)21(24,25)26)14-5-6-16(34-20(14)32-13)19-15(22(27,28)29)3-2-8-30-19/h2-10H,11H2,1H3,(H,31,32,33,34). The van der Waals surface area contributed by atoms with Gasteiger partial charge in [0.1, 0.15) is 11.5 Å². The molecular formula is C22H15ClF6N6. The van der Waals surface area contributed by atoms with Crippen LogP contribution < -0.4 is 5.32 Å². The zero-order chi connectivity index (χ0) is 25.4. The summed E-state index contributed by atoms with van der Waals surface area (Å²) >= 11 is 5.93. The maximum absolute atomic E-state index is 13.5. The lowest BCUT2D eigenvalue weighted by atomic mass is 10.1. The quantitative estimate of drug-likeness (QED) is 0.245. The summed E-state index contributed by atoms with van der Waals surface area (Å²) in [6.07, 6.45) is -7.26. The van der Waals surface area contributed by atoms with Crippen molar-refractivity contribution in [2.75, 3.05) is 12.4 Å². The smallest absolute Gasteiger partial charge is 0.340 e. The topological polar surface area (TPSA) is 66.8 Å². The van der Waals surface area contributed by atoms with Gasteiger partial charge >= 0.3 is 12.4 Å². The Balaban J connectivity index is 1.80. The SMILES string of the molecule is CN(Cl)Cc1cc(Nc2ccc(C(F)(F)F)cn2)c2ccc(-c3ncccc3C(F)(F)F)nc2n1. The number of hydrogen-bond donors (Lipinski definition) is 1. The average Bonchev–Trinajstić information content (AvgIpc) is 2.77. The van der Waals surface area contributed by atoms with Gasteiger partial charge in [-0.3, -0.25) is 4.98 Å². The molecule has 0 bridgehead atoms. The summed E-state index contributed by atoms with van der Waals surface area (Å²) in [4.78, 5) is 16.3. The molecule has 4 rings (SSSR count). The van der Waals surface area contributed by atoms with E-state index in [1.54, 1.807) is 13.1 Å². The molecule has 0 aliphatic heterocycles. The molecule has 0 saturated heterocycles. The van der Waals surface area contributed by atoms with Gasteiger partial charge in [-0.25, -0.2) is 19.4 Å². The van der Waals surface area contributed by atoms with Gasteiger partial charge in [0.15, 0.2) is 5.65 Å². The molecule has 0 unspecified atom stereocenters. The van der Waals surface area contributed by atoms with Crippen LogP contribution in [0.4, 0.5) is 37.8 Å². The Bertz CT molecular complexity index is 1360. The first-order valence-electron chi connectivity index (χ1n) is 9.92. The molecule has 6 nitrogen and oxygen atoms in total. The van der Waals surface area contributed by atoms with Crippen LogP contribution in [0.5, 0.6) is 0 Å². The molecule has 4 aromatic heterocycles. The molecule has 4 heterocycles. The van der Waals surface area contributed by atoms with Gasteiger partial charge in [0.05, 0.1) is 34.7 Å². The fraction of sp³-hybridized carbons (Fsp3) is 0.182. The Hall–Kier alpha value is -3.51. The predicted octanol–water partition coefficient (Wildman–Crippen LogP) is 6.45. The summed E-state index contributed by atoms with van der Waals surface area (Å²) < 4.78 is 80.2. The number of anilines is 2. The van der Waals surface area contributed by atoms with Crippen LogP contribution in [0.3, 0.4) is 0 Å². The highest BCUT2D eigenvalue weighted by molar-refractivity contribution is 6.13. The summed E-state index contributed by atoms with van der Waals surface area (Å²) in [7, 11) is 1.57. The molecule has 4 aromatic rings. The molecule has 0 aliphatic carbocycles. The molecule has 182 valence electrons. The molecule has 13 heteroatoms. The van der Waals surface area contributed by atoms with Crippen molar-refractivity contribution in [3.05, 3.63) is 71.7 Å². The number of hydrogen-bond acceptors (Lipinski definition) is 6. The molecule has 0 saturated carbocycles. The van der Waals surface area contributed by atoms with Crippen molar-refractivity contribution in [3.8, 4) is 11.4 Å². The molecule has 35 heavy (non-hydrogen) atoms. The van der Waals surface area contributed by atoms with Crippen molar-refractivity contribution in [2.24, 2.45) is 0 Å². The van der Waals surface area contributed by atoms with Crippen LogP contribution in [0.1, 0.15) is 16.8 Å². The minimum atomic E-state index is -4.64. The lowest BCUT2D eigenvalue weighted by Crippen LogP contribution is -2.10. The number of rotatable bonds is 5. The van der Waals surface area contributed by atoms with E-state index in [1.165, 1.54) is 28.8 Å². The fourth-order valence-electron chi connectivity index (χ4n) is 3.31. The van der Waals surface area contributed by atoms with Gasteiger partial charge in [-0.15, -0.1) is 0 Å². The van der Waals surface area contributed by atoms with Crippen molar-refractivity contribution >= 4 is 34.3 Å². The van der Waals surface area contributed by atoms with Gasteiger partial charge in [-0.1, -0.05) is 0 Å². The second kappa shape index (κ2) is 9.27. The first-order chi connectivity index (χ1) is 16.4. The summed E-state index contributed by atoms with van der Waals surface area (Å²) in [5.74, 6) is 0.115. The molecule has 0 radical (unpaired) electrons. The first kappa shape index (κ1) is 24.6. The molecule has 0 amide bonds. The van der Waals surface area contributed by atoms with Crippen LogP contribution in [-0.2, 0) is 18.9 Å². The van der Waals surface area contributed by atoms with Gasteiger partial charge in [0.2, 0.25) is 0 Å². The van der Waals surface area contributed by atoms with Crippen molar-refractivity contribution in [1.82, 2.24) is 24.4 Å². The number of nitrogens with one attached hydrogen (secondary N) is 1. The summed E-state index contributed by atoms with van der Waals surface area (Å²) in [5, 5.41) is 3.32. The highest BCUT2D eigenvalue weighted by Gasteiger charge is 2.35. The van der Waals surface area contributed by atoms with Gasteiger partial charge in [0.25, 0.3) is 0 Å². The van der Waals surface area contributed by atoms with Crippen LogP contribution in [-0.4, -0.2) is 31.4 Å². The number of aromatic nitrogens is 4. The van der Waals surface area contributed by atoms with E-state index in [2.05, 4.69) is 25.3 Å². The lowest BCUT2D eigenvalue weighted by Gasteiger charge is -2.15.